The van der Waals surface area contributed by atoms with E-state index in [0.29, 0.717) is 18.4 Å². The Labute approximate surface area is 92.0 Å². The zero-order valence-electron chi connectivity index (χ0n) is 9.24. The van der Waals surface area contributed by atoms with E-state index in [1.807, 2.05) is 0 Å². The van der Waals surface area contributed by atoms with Crippen LogP contribution >= 0.6 is 0 Å². The number of carbonyl (C=O) groups is 1. The largest absolute Gasteiger partial charge is 0.299 e. The van der Waals surface area contributed by atoms with Gasteiger partial charge in [-0.3, -0.25) is 9.69 Å². The van der Waals surface area contributed by atoms with Gasteiger partial charge in [0.1, 0.15) is 5.78 Å². The van der Waals surface area contributed by atoms with Crippen molar-refractivity contribution in [1.82, 2.24) is 4.90 Å². The number of ketones is 1. The van der Waals surface area contributed by atoms with E-state index in [-0.39, 0.29) is 5.92 Å². The van der Waals surface area contributed by atoms with Gasteiger partial charge in [-0.25, -0.2) is 0 Å². The zero-order chi connectivity index (χ0) is 10.7. The van der Waals surface area contributed by atoms with E-state index in [0.717, 1.165) is 32.2 Å². The van der Waals surface area contributed by atoms with Crippen molar-refractivity contribution < 1.29 is 4.79 Å². The molecule has 2 rings (SSSR count). The van der Waals surface area contributed by atoms with Crippen LogP contribution < -0.4 is 0 Å². The summed E-state index contributed by atoms with van der Waals surface area (Å²) in [4.78, 5) is 14.2. The smallest absolute Gasteiger partial charge is 0.137 e. The van der Waals surface area contributed by atoms with Gasteiger partial charge >= 0.3 is 0 Å². The second-order valence-electron chi connectivity index (χ2n) is 4.70. The fourth-order valence-corrected chi connectivity index (χ4v) is 3.04. The molecule has 0 aromatic rings. The highest BCUT2D eigenvalue weighted by Gasteiger charge is 2.36. The predicted molar refractivity (Wildman–Crippen MR) is 60.4 cm³/mol. The standard InChI is InChI=1S/C13H19NO/c1-2-9-14-10-5-7-12(14)11-6-3-4-8-13(11)15/h1,11-12H,3-10H2. The molecule has 82 valence electrons. The van der Waals surface area contributed by atoms with Crippen LogP contribution in [0.1, 0.15) is 38.5 Å². The van der Waals surface area contributed by atoms with Crippen molar-refractivity contribution in [1.29, 1.82) is 0 Å². The molecule has 1 saturated carbocycles. The van der Waals surface area contributed by atoms with E-state index in [1.165, 1.54) is 12.8 Å². The van der Waals surface area contributed by atoms with E-state index in [9.17, 15) is 4.79 Å². The summed E-state index contributed by atoms with van der Waals surface area (Å²) >= 11 is 0. The number of rotatable bonds is 2. The summed E-state index contributed by atoms with van der Waals surface area (Å²) in [7, 11) is 0. The summed E-state index contributed by atoms with van der Waals surface area (Å²) in [6, 6.07) is 0.453. The minimum absolute atomic E-state index is 0.287. The Balaban J connectivity index is 2.01. The quantitative estimate of drug-likeness (QED) is 0.641. The molecular formula is C13H19NO. The number of likely N-dealkylation sites (tertiary alicyclic amines) is 1. The highest BCUT2D eigenvalue weighted by Crippen LogP contribution is 2.31. The predicted octanol–water partition coefficient (Wildman–Crippen LogP) is 1.84. The van der Waals surface area contributed by atoms with Crippen LogP contribution in [0.25, 0.3) is 0 Å². The van der Waals surface area contributed by atoms with Crippen molar-refractivity contribution in [3.63, 3.8) is 0 Å². The number of carbonyl (C=O) groups excluding carboxylic acids is 1. The highest BCUT2D eigenvalue weighted by atomic mass is 16.1. The fourth-order valence-electron chi connectivity index (χ4n) is 3.04. The van der Waals surface area contributed by atoms with Crippen molar-refractivity contribution in [2.24, 2.45) is 5.92 Å². The summed E-state index contributed by atoms with van der Waals surface area (Å²) < 4.78 is 0. The van der Waals surface area contributed by atoms with Crippen LogP contribution in [-0.4, -0.2) is 29.8 Å². The molecule has 0 spiro atoms. The van der Waals surface area contributed by atoms with Gasteiger partial charge in [-0.2, -0.15) is 0 Å². The lowest BCUT2D eigenvalue weighted by molar-refractivity contribution is -0.126. The Morgan fingerprint density at radius 1 is 1.33 bits per heavy atom. The molecule has 1 aliphatic carbocycles. The summed E-state index contributed by atoms with van der Waals surface area (Å²) in [5, 5.41) is 0. The number of nitrogens with zero attached hydrogens (tertiary/aromatic N) is 1. The van der Waals surface area contributed by atoms with E-state index in [1.54, 1.807) is 0 Å². The number of Topliss-reactive ketones (excluding diaryl/α,β-unsaturated/α-hetero) is 1. The molecular weight excluding hydrogens is 186 g/mol. The van der Waals surface area contributed by atoms with Gasteiger partial charge in [0.15, 0.2) is 0 Å². The summed E-state index contributed by atoms with van der Waals surface area (Å²) in [5.41, 5.74) is 0. The van der Waals surface area contributed by atoms with Crippen molar-refractivity contribution >= 4 is 5.78 Å². The van der Waals surface area contributed by atoms with Gasteiger partial charge in [-0.15, -0.1) is 6.42 Å². The third-order valence-electron chi connectivity index (χ3n) is 3.77. The van der Waals surface area contributed by atoms with Crippen molar-refractivity contribution in [2.45, 2.75) is 44.6 Å². The van der Waals surface area contributed by atoms with Crippen molar-refractivity contribution in [2.75, 3.05) is 13.1 Å². The molecule has 1 aliphatic heterocycles. The monoisotopic (exact) mass is 205 g/mol. The molecule has 0 N–H and O–H groups in total. The van der Waals surface area contributed by atoms with E-state index in [4.69, 9.17) is 6.42 Å². The molecule has 2 fully saturated rings. The number of hydrogen-bond donors (Lipinski definition) is 0. The lowest BCUT2D eigenvalue weighted by Crippen LogP contribution is -2.40. The lowest BCUT2D eigenvalue weighted by Gasteiger charge is -2.31. The Kier molecular flexibility index (Phi) is 3.43. The van der Waals surface area contributed by atoms with E-state index in [2.05, 4.69) is 10.8 Å². The molecule has 2 nitrogen and oxygen atoms in total. The first-order valence-electron chi connectivity index (χ1n) is 6.03. The molecule has 2 atom stereocenters. The second kappa shape index (κ2) is 4.81. The minimum Gasteiger partial charge on any atom is -0.299 e. The average Bonchev–Trinajstić information content (AvgIpc) is 2.67. The van der Waals surface area contributed by atoms with Crippen molar-refractivity contribution in [3.05, 3.63) is 0 Å². The van der Waals surface area contributed by atoms with Crippen LogP contribution in [0, 0.1) is 18.3 Å². The Hall–Kier alpha value is -0.810. The highest BCUT2D eigenvalue weighted by molar-refractivity contribution is 5.82. The molecule has 2 heteroatoms. The number of hydrogen-bond acceptors (Lipinski definition) is 2. The maximum Gasteiger partial charge on any atom is 0.137 e. The minimum atomic E-state index is 0.287. The van der Waals surface area contributed by atoms with Crippen LogP contribution in [-0.2, 0) is 4.79 Å². The lowest BCUT2D eigenvalue weighted by atomic mass is 9.82. The summed E-state index contributed by atoms with van der Waals surface area (Å²) in [6.45, 7) is 1.80. The summed E-state index contributed by atoms with van der Waals surface area (Å²) in [6.07, 6.45) is 11.9. The molecule has 1 saturated heterocycles. The maximum atomic E-state index is 11.9. The van der Waals surface area contributed by atoms with Crippen LogP contribution in [0.3, 0.4) is 0 Å². The van der Waals surface area contributed by atoms with Crippen molar-refractivity contribution in [3.8, 4) is 12.3 Å². The normalized spacial score (nSPS) is 32.9. The van der Waals surface area contributed by atoms with Gasteiger partial charge in [0.05, 0.1) is 6.54 Å². The molecule has 15 heavy (non-hydrogen) atoms. The van der Waals surface area contributed by atoms with E-state index >= 15 is 0 Å². The molecule has 2 aliphatic rings. The Bertz CT molecular complexity index is 279. The first kappa shape index (κ1) is 10.7. The Morgan fingerprint density at radius 2 is 2.20 bits per heavy atom. The van der Waals surface area contributed by atoms with Gasteiger partial charge in [0.25, 0.3) is 0 Å². The molecule has 1 heterocycles. The van der Waals surface area contributed by atoms with Gasteiger partial charge in [-0.1, -0.05) is 12.3 Å². The van der Waals surface area contributed by atoms with Gasteiger partial charge in [0.2, 0.25) is 0 Å². The van der Waals surface area contributed by atoms with Crippen LogP contribution in [0.2, 0.25) is 0 Å². The zero-order valence-corrected chi connectivity index (χ0v) is 9.24. The SMILES string of the molecule is C#CCN1CCCC1C1CCCCC1=O. The molecule has 0 aromatic carbocycles. The average molecular weight is 205 g/mol. The third kappa shape index (κ3) is 2.23. The third-order valence-corrected chi connectivity index (χ3v) is 3.77. The van der Waals surface area contributed by atoms with Gasteiger partial charge in [-0.05, 0) is 32.2 Å². The fraction of sp³-hybridized carbons (Fsp3) is 0.769. The first-order valence-corrected chi connectivity index (χ1v) is 6.03. The van der Waals surface area contributed by atoms with Gasteiger partial charge < -0.3 is 0 Å². The van der Waals surface area contributed by atoms with Crippen LogP contribution in [0.4, 0.5) is 0 Å². The summed E-state index contributed by atoms with van der Waals surface area (Å²) in [5.74, 6) is 3.48. The van der Waals surface area contributed by atoms with Crippen LogP contribution in [0.15, 0.2) is 0 Å². The molecule has 0 radical (unpaired) electrons. The van der Waals surface area contributed by atoms with Crippen LogP contribution in [0.5, 0.6) is 0 Å². The molecule has 0 bridgehead atoms. The molecule has 0 amide bonds. The Morgan fingerprint density at radius 3 is 2.93 bits per heavy atom. The second-order valence-corrected chi connectivity index (χ2v) is 4.70. The number of terminal acetylenes is 1. The van der Waals surface area contributed by atoms with E-state index < -0.39 is 0 Å². The molecule has 2 unspecified atom stereocenters. The maximum absolute atomic E-state index is 11.9. The van der Waals surface area contributed by atoms with Gasteiger partial charge in [0, 0.05) is 18.4 Å². The molecule has 0 aromatic heterocycles. The first-order chi connectivity index (χ1) is 7.33. The topological polar surface area (TPSA) is 20.3 Å².